The molecule has 0 aliphatic heterocycles. The number of carbonyl (C=O) groups excluding carboxylic acids is 1. The van der Waals surface area contributed by atoms with E-state index in [-0.39, 0.29) is 30.3 Å². The minimum atomic E-state index is -3.94. The van der Waals surface area contributed by atoms with Gasteiger partial charge in [0, 0.05) is 25.2 Å². The van der Waals surface area contributed by atoms with Crippen LogP contribution in [0.15, 0.2) is 47.4 Å². The van der Waals surface area contributed by atoms with Crippen molar-refractivity contribution in [3.63, 3.8) is 0 Å². The summed E-state index contributed by atoms with van der Waals surface area (Å²) in [7, 11) is -2.44. The Morgan fingerprint density at radius 3 is 2.59 bits per heavy atom. The van der Waals surface area contributed by atoms with Crippen molar-refractivity contribution >= 4 is 21.6 Å². The van der Waals surface area contributed by atoms with Crippen LogP contribution in [0.4, 0.5) is 5.69 Å². The number of nitrogens with one attached hydrogen (secondary N) is 2. The minimum absolute atomic E-state index is 0.0153. The predicted octanol–water partition coefficient (Wildman–Crippen LogP) is 1.39. The zero-order valence-electron chi connectivity index (χ0n) is 15.9. The van der Waals surface area contributed by atoms with Gasteiger partial charge in [0.25, 0.3) is 11.6 Å². The fourth-order valence-electron chi connectivity index (χ4n) is 2.32. The molecule has 0 atom stereocenters. The lowest BCUT2D eigenvalue weighted by molar-refractivity contribution is -0.385. The fourth-order valence-corrected chi connectivity index (χ4v) is 3.39. The minimum Gasteiger partial charge on any atom is -0.493 e. The summed E-state index contributed by atoms with van der Waals surface area (Å²) in [5, 5.41) is 13.3. The van der Waals surface area contributed by atoms with E-state index in [2.05, 4.69) is 10.0 Å². The van der Waals surface area contributed by atoms with E-state index >= 15 is 0 Å². The lowest BCUT2D eigenvalue weighted by Gasteiger charge is -2.11. The smallest absolute Gasteiger partial charge is 0.270 e. The number of nitro groups is 1. The second-order valence-electron chi connectivity index (χ2n) is 5.95. The van der Waals surface area contributed by atoms with Crippen molar-refractivity contribution in [2.45, 2.75) is 11.8 Å². The maximum absolute atomic E-state index is 12.2. The van der Waals surface area contributed by atoms with E-state index in [4.69, 9.17) is 9.47 Å². The molecule has 0 saturated carbocycles. The van der Waals surface area contributed by atoms with Crippen molar-refractivity contribution in [1.82, 2.24) is 10.0 Å². The first kappa shape index (κ1) is 22.1. The van der Waals surface area contributed by atoms with Crippen LogP contribution in [0.1, 0.15) is 5.56 Å². The summed E-state index contributed by atoms with van der Waals surface area (Å²) in [6, 6.07) is 9.97. The number of nitrogens with zero attached hydrogens (tertiary/aromatic N) is 1. The molecule has 11 heteroatoms. The number of rotatable bonds is 10. The summed E-state index contributed by atoms with van der Waals surface area (Å²) in [5.41, 5.74) is 0.652. The first-order valence-corrected chi connectivity index (χ1v) is 9.99. The first-order valence-electron chi connectivity index (χ1n) is 8.51. The van der Waals surface area contributed by atoms with Crippen LogP contribution < -0.4 is 19.5 Å². The van der Waals surface area contributed by atoms with E-state index in [9.17, 15) is 23.3 Å². The van der Waals surface area contributed by atoms with Gasteiger partial charge in [-0.25, -0.2) is 13.1 Å². The molecule has 0 aromatic heterocycles. The molecule has 0 saturated heterocycles. The third-order valence-corrected chi connectivity index (χ3v) is 5.21. The molecule has 2 aromatic carbocycles. The number of hydrogen-bond donors (Lipinski definition) is 2. The second kappa shape index (κ2) is 9.85. The van der Waals surface area contributed by atoms with Gasteiger partial charge in [0.05, 0.1) is 16.9 Å². The normalized spacial score (nSPS) is 11.0. The van der Waals surface area contributed by atoms with Gasteiger partial charge in [0.15, 0.2) is 18.1 Å². The van der Waals surface area contributed by atoms with Crippen LogP contribution in [0.25, 0.3) is 0 Å². The van der Waals surface area contributed by atoms with Crippen molar-refractivity contribution in [3.05, 3.63) is 58.1 Å². The average molecular weight is 423 g/mol. The monoisotopic (exact) mass is 423 g/mol. The van der Waals surface area contributed by atoms with Crippen molar-refractivity contribution in [3.8, 4) is 11.5 Å². The summed E-state index contributed by atoms with van der Waals surface area (Å²) in [4.78, 5) is 21.7. The van der Waals surface area contributed by atoms with Gasteiger partial charge >= 0.3 is 0 Å². The number of sulfonamides is 1. The molecular formula is C18H21N3O7S. The van der Waals surface area contributed by atoms with E-state index in [0.717, 1.165) is 11.6 Å². The Kier molecular flexibility index (Phi) is 7.51. The molecule has 10 nitrogen and oxygen atoms in total. The number of hydrogen-bond acceptors (Lipinski definition) is 7. The molecule has 156 valence electrons. The van der Waals surface area contributed by atoms with Crippen LogP contribution in [-0.4, -0.2) is 46.1 Å². The Morgan fingerprint density at radius 1 is 1.14 bits per heavy atom. The van der Waals surface area contributed by atoms with Gasteiger partial charge in [-0.05, 0) is 30.7 Å². The third-order valence-electron chi connectivity index (χ3n) is 3.76. The Bertz CT molecular complexity index is 993. The van der Waals surface area contributed by atoms with Gasteiger partial charge in [-0.15, -0.1) is 0 Å². The molecule has 0 unspecified atom stereocenters. The van der Waals surface area contributed by atoms with Crippen molar-refractivity contribution in [1.29, 1.82) is 0 Å². The van der Waals surface area contributed by atoms with Gasteiger partial charge in [-0.2, -0.15) is 0 Å². The quantitative estimate of drug-likeness (QED) is 0.335. The van der Waals surface area contributed by atoms with E-state index < -0.39 is 20.9 Å². The molecule has 2 rings (SSSR count). The summed E-state index contributed by atoms with van der Waals surface area (Å²) in [6.45, 7) is 1.55. The molecule has 29 heavy (non-hydrogen) atoms. The molecule has 0 bridgehead atoms. The summed E-state index contributed by atoms with van der Waals surface area (Å²) >= 11 is 0. The Labute approximate surface area is 168 Å². The summed E-state index contributed by atoms with van der Waals surface area (Å²) < 4.78 is 37.2. The number of benzene rings is 2. The number of methoxy groups -OCH3 is 1. The molecule has 2 aromatic rings. The highest BCUT2D eigenvalue weighted by Crippen LogP contribution is 2.27. The van der Waals surface area contributed by atoms with Crippen LogP contribution in [0.5, 0.6) is 11.5 Å². The lowest BCUT2D eigenvalue weighted by atomic mass is 10.2. The standard InChI is InChI=1S/C18H21N3O7S/c1-13-6-7-16(17(10-13)27-2)28-12-18(22)19-8-9-20-29(25,26)15-5-3-4-14(11-15)21(23)24/h3-7,10-11,20H,8-9,12H2,1-2H3,(H,19,22). The van der Waals surface area contributed by atoms with Gasteiger partial charge in [0.2, 0.25) is 10.0 Å². The molecular weight excluding hydrogens is 402 g/mol. The highest BCUT2D eigenvalue weighted by Gasteiger charge is 2.17. The van der Waals surface area contributed by atoms with E-state index in [1.807, 2.05) is 13.0 Å². The molecule has 2 N–H and O–H groups in total. The molecule has 0 fully saturated rings. The maximum Gasteiger partial charge on any atom is 0.270 e. The highest BCUT2D eigenvalue weighted by molar-refractivity contribution is 7.89. The average Bonchev–Trinajstić information content (AvgIpc) is 2.70. The second-order valence-corrected chi connectivity index (χ2v) is 7.71. The number of non-ortho nitro benzene ring substituents is 1. The van der Waals surface area contributed by atoms with Crippen molar-refractivity contribution in [2.75, 3.05) is 26.8 Å². The number of amides is 1. The fraction of sp³-hybridized carbons (Fsp3) is 0.278. The van der Waals surface area contributed by atoms with Crippen LogP contribution in [0.2, 0.25) is 0 Å². The highest BCUT2D eigenvalue weighted by atomic mass is 32.2. The van der Waals surface area contributed by atoms with Gasteiger partial charge < -0.3 is 14.8 Å². The molecule has 0 spiro atoms. The number of ether oxygens (including phenoxy) is 2. The van der Waals surface area contributed by atoms with Crippen LogP contribution in [0.3, 0.4) is 0 Å². The van der Waals surface area contributed by atoms with Crippen LogP contribution in [-0.2, 0) is 14.8 Å². The zero-order chi connectivity index (χ0) is 21.4. The van der Waals surface area contributed by atoms with E-state index in [1.165, 1.54) is 25.3 Å². The first-order chi connectivity index (χ1) is 13.7. The Balaban J connectivity index is 1.80. The molecule has 0 radical (unpaired) electrons. The number of nitro benzene ring substituents is 1. The third kappa shape index (κ3) is 6.43. The molecule has 0 aliphatic rings. The summed E-state index contributed by atoms with van der Waals surface area (Å²) in [5.74, 6) is 0.476. The predicted molar refractivity (Wildman–Crippen MR) is 105 cm³/mol. The zero-order valence-corrected chi connectivity index (χ0v) is 16.7. The number of aryl methyl sites for hydroxylation is 1. The van der Waals surface area contributed by atoms with E-state index in [0.29, 0.717) is 11.5 Å². The van der Waals surface area contributed by atoms with Crippen molar-refractivity contribution < 1.29 is 27.6 Å². The van der Waals surface area contributed by atoms with Gasteiger partial charge in [-0.1, -0.05) is 12.1 Å². The van der Waals surface area contributed by atoms with Crippen LogP contribution in [0, 0.1) is 17.0 Å². The number of carbonyl (C=O) groups is 1. The molecule has 0 aliphatic carbocycles. The Morgan fingerprint density at radius 2 is 1.90 bits per heavy atom. The van der Waals surface area contributed by atoms with Gasteiger partial charge in [0.1, 0.15) is 0 Å². The molecule has 0 heterocycles. The summed E-state index contributed by atoms with van der Waals surface area (Å²) in [6.07, 6.45) is 0. The van der Waals surface area contributed by atoms with Crippen molar-refractivity contribution in [2.24, 2.45) is 0 Å². The van der Waals surface area contributed by atoms with E-state index in [1.54, 1.807) is 12.1 Å². The van der Waals surface area contributed by atoms with Gasteiger partial charge in [-0.3, -0.25) is 14.9 Å². The largest absolute Gasteiger partial charge is 0.493 e. The maximum atomic E-state index is 12.2. The molecule has 1 amide bonds. The topological polar surface area (TPSA) is 137 Å². The Hall–Kier alpha value is -3.18. The van der Waals surface area contributed by atoms with Crippen LogP contribution >= 0.6 is 0 Å². The SMILES string of the molecule is COc1cc(C)ccc1OCC(=O)NCCNS(=O)(=O)c1cccc([N+](=O)[O-])c1. The lowest BCUT2D eigenvalue weighted by Crippen LogP contribution is -2.36.